The second-order valence-electron chi connectivity index (χ2n) is 6.72. The van der Waals surface area contributed by atoms with Crippen molar-refractivity contribution in [3.05, 3.63) is 58.8 Å². The Morgan fingerprint density at radius 2 is 1.88 bits per heavy atom. The van der Waals surface area contributed by atoms with Crippen LogP contribution in [0.3, 0.4) is 0 Å². The van der Waals surface area contributed by atoms with Crippen LogP contribution in [-0.2, 0) is 11.3 Å². The summed E-state index contributed by atoms with van der Waals surface area (Å²) in [5.41, 5.74) is 4.06. The van der Waals surface area contributed by atoms with E-state index < -0.39 is 0 Å². The van der Waals surface area contributed by atoms with Crippen LogP contribution in [0.4, 0.5) is 5.82 Å². The Kier molecular flexibility index (Phi) is 5.21. The summed E-state index contributed by atoms with van der Waals surface area (Å²) in [4.78, 5) is 32.8. The van der Waals surface area contributed by atoms with E-state index in [1.165, 1.54) is 11.1 Å². The molecule has 0 aliphatic carbocycles. The molecule has 1 saturated heterocycles. The molecule has 2 heterocycles. The van der Waals surface area contributed by atoms with Crippen molar-refractivity contribution in [1.82, 2.24) is 14.8 Å². The van der Waals surface area contributed by atoms with E-state index in [2.05, 4.69) is 42.3 Å². The molecule has 6 nitrogen and oxygen atoms in total. The summed E-state index contributed by atoms with van der Waals surface area (Å²) in [7, 11) is 1.76. The largest absolute Gasteiger partial charge is 0.373 e. The van der Waals surface area contributed by atoms with Crippen LogP contribution in [0, 0.1) is 13.8 Å². The maximum atomic E-state index is 12.7. The van der Waals surface area contributed by atoms with E-state index in [0.717, 1.165) is 5.56 Å². The number of anilines is 1. The molecule has 1 aromatic carbocycles. The average Bonchev–Trinajstić information content (AvgIpc) is 2.62. The number of benzene rings is 1. The van der Waals surface area contributed by atoms with E-state index in [-0.39, 0.29) is 18.4 Å². The maximum Gasteiger partial charge on any atom is 0.254 e. The summed E-state index contributed by atoms with van der Waals surface area (Å²) < 4.78 is 0. The summed E-state index contributed by atoms with van der Waals surface area (Å²) in [5.74, 6) is 0.477. The topological polar surface area (TPSA) is 65.5 Å². The summed E-state index contributed by atoms with van der Waals surface area (Å²) in [6.07, 6.45) is 1.59. The number of piperazine rings is 1. The van der Waals surface area contributed by atoms with Crippen LogP contribution < -0.4 is 5.32 Å². The van der Waals surface area contributed by atoms with Gasteiger partial charge in [0.05, 0.1) is 0 Å². The predicted molar refractivity (Wildman–Crippen MR) is 101 cm³/mol. The molecule has 3 rings (SSSR count). The summed E-state index contributed by atoms with van der Waals surface area (Å²) in [6.45, 7) is 5.89. The smallest absolute Gasteiger partial charge is 0.254 e. The fourth-order valence-corrected chi connectivity index (χ4v) is 3.31. The lowest BCUT2D eigenvalue weighted by Gasteiger charge is -2.34. The molecule has 6 heteroatoms. The van der Waals surface area contributed by atoms with Crippen LogP contribution in [0.2, 0.25) is 0 Å². The van der Waals surface area contributed by atoms with Crippen molar-refractivity contribution in [2.24, 2.45) is 0 Å². The normalized spacial score (nSPS) is 14.5. The average molecular weight is 352 g/mol. The SMILES string of the molecule is CNc1cc(C(=O)N2CCN(Cc3cc(C)cc(C)c3)C(=O)C2)ccn1. The number of carbonyl (C=O) groups excluding carboxylic acids is 2. The van der Waals surface area contributed by atoms with Gasteiger partial charge < -0.3 is 15.1 Å². The van der Waals surface area contributed by atoms with Gasteiger partial charge >= 0.3 is 0 Å². The number of nitrogens with zero attached hydrogens (tertiary/aromatic N) is 3. The Labute approximate surface area is 153 Å². The molecule has 26 heavy (non-hydrogen) atoms. The van der Waals surface area contributed by atoms with E-state index in [9.17, 15) is 9.59 Å². The zero-order chi connectivity index (χ0) is 18.7. The van der Waals surface area contributed by atoms with Crippen LogP contribution in [0.5, 0.6) is 0 Å². The number of rotatable bonds is 4. The highest BCUT2D eigenvalue weighted by Gasteiger charge is 2.28. The first kappa shape index (κ1) is 17.9. The fourth-order valence-electron chi connectivity index (χ4n) is 3.31. The Balaban J connectivity index is 1.66. The van der Waals surface area contributed by atoms with E-state index in [1.807, 2.05) is 4.90 Å². The van der Waals surface area contributed by atoms with Crippen molar-refractivity contribution >= 4 is 17.6 Å². The highest BCUT2D eigenvalue weighted by atomic mass is 16.2. The molecule has 0 atom stereocenters. The lowest BCUT2D eigenvalue weighted by molar-refractivity contribution is -0.135. The number of hydrogen-bond donors (Lipinski definition) is 1. The monoisotopic (exact) mass is 352 g/mol. The van der Waals surface area contributed by atoms with Crippen molar-refractivity contribution in [1.29, 1.82) is 0 Å². The Hall–Kier alpha value is -2.89. The van der Waals surface area contributed by atoms with Gasteiger partial charge in [-0.15, -0.1) is 0 Å². The number of amides is 2. The molecule has 0 spiro atoms. The van der Waals surface area contributed by atoms with Crippen molar-refractivity contribution in [2.45, 2.75) is 20.4 Å². The van der Waals surface area contributed by atoms with Gasteiger partial charge in [-0.05, 0) is 31.5 Å². The summed E-state index contributed by atoms with van der Waals surface area (Å²) in [6, 6.07) is 9.71. The maximum absolute atomic E-state index is 12.7. The van der Waals surface area contributed by atoms with Gasteiger partial charge in [0.25, 0.3) is 5.91 Å². The van der Waals surface area contributed by atoms with Gasteiger partial charge in [-0.1, -0.05) is 29.3 Å². The van der Waals surface area contributed by atoms with Crippen LogP contribution in [0.1, 0.15) is 27.0 Å². The number of hydrogen-bond acceptors (Lipinski definition) is 4. The molecule has 136 valence electrons. The van der Waals surface area contributed by atoms with Crippen molar-refractivity contribution < 1.29 is 9.59 Å². The molecule has 0 radical (unpaired) electrons. The fraction of sp³-hybridized carbons (Fsp3) is 0.350. The molecule has 0 bridgehead atoms. The minimum atomic E-state index is -0.136. The lowest BCUT2D eigenvalue weighted by Crippen LogP contribution is -2.51. The first-order valence-electron chi connectivity index (χ1n) is 8.74. The van der Waals surface area contributed by atoms with Crippen molar-refractivity contribution in [3.8, 4) is 0 Å². The molecule has 0 saturated carbocycles. The molecule has 1 aliphatic rings. The molecule has 1 aromatic heterocycles. The third-order valence-corrected chi connectivity index (χ3v) is 4.52. The van der Waals surface area contributed by atoms with Crippen molar-refractivity contribution in [2.75, 3.05) is 32.0 Å². The van der Waals surface area contributed by atoms with Crippen LogP contribution in [0.25, 0.3) is 0 Å². The lowest BCUT2D eigenvalue weighted by atomic mass is 10.1. The zero-order valence-corrected chi connectivity index (χ0v) is 15.5. The predicted octanol–water partition coefficient (Wildman–Crippen LogP) is 2.22. The number of nitrogens with one attached hydrogen (secondary N) is 1. The van der Waals surface area contributed by atoms with Crippen LogP contribution in [-0.4, -0.2) is 53.3 Å². The summed E-state index contributed by atoms with van der Waals surface area (Å²) >= 11 is 0. The number of carbonyl (C=O) groups is 2. The second-order valence-corrected chi connectivity index (χ2v) is 6.72. The second kappa shape index (κ2) is 7.56. The first-order chi connectivity index (χ1) is 12.5. The molecule has 1 fully saturated rings. The molecule has 2 aromatic rings. The number of aryl methyl sites for hydroxylation is 2. The van der Waals surface area contributed by atoms with Gasteiger partial charge in [0.1, 0.15) is 12.4 Å². The minimum absolute atomic E-state index is 0.0216. The zero-order valence-electron chi connectivity index (χ0n) is 15.5. The molecule has 0 unspecified atom stereocenters. The van der Waals surface area contributed by atoms with E-state index >= 15 is 0 Å². The summed E-state index contributed by atoms with van der Waals surface area (Å²) in [5, 5.41) is 2.92. The van der Waals surface area contributed by atoms with Crippen molar-refractivity contribution in [3.63, 3.8) is 0 Å². The van der Waals surface area contributed by atoms with E-state index in [0.29, 0.717) is 31.0 Å². The van der Waals surface area contributed by atoms with E-state index in [4.69, 9.17) is 0 Å². The van der Waals surface area contributed by atoms with Gasteiger partial charge in [0.15, 0.2) is 0 Å². The number of pyridine rings is 1. The molecular weight excluding hydrogens is 328 g/mol. The highest BCUT2D eigenvalue weighted by molar-refractivity contribution is 5.97. The third kappa shape index (κ3) is 4.02. The molecule has 1 N–H and O–H groups in total. The molecule has 2 amide bonds. The quantitative estimate of drug-likeness (QED) is 0.916. The Morgan fingerprint density at radius 1 is 1.15 bits per heavy atom. The molecule has 1 aliphatic heterocycles. The third-order valence-electron chi connectivity index (χ3n) is 4.52. The highest BCUT2D eigenvalue weighted by Crippen LogP contribution is 2.16. The number of aromatic nitrogens is 1. The van der Waals surface area contributed by atoms with Gasteiger partial charge in [0, 0.05) is 38.4 Å². The van der Waals surface area contributed by atoms with Crippen LogP contribution >= 0.6 is 0 Å². The standard InChI is InChI=1S/C20H24N4O2/c1-14-8-15(2)10-16(9-14)12-23-6-7-24(13-19(23)25)20(26)17-4-5-22-18(11-17)21-3/h4-5,8-11H,6-7,12-13H2,1-3H3,(H,21,22). The molecular formula is C20H24N4O2. The Bertz CT molecular complexity index is 814. The minimum Gasteiger partial charge on any atom is -0.373 e. The van der Waals surface area contributed by atoms with Gasteiger partial charge in [0.2, 0.25) is 5.91 Å². The van der Waals surface area contributed by atoms with Gasteiger partial charge in [-0.2, -0.15) is 0 Å². The first-order valence-corrected chi connectivity index (χ1v) is 8.74. The van der Waals surface area contributed by atoms with Crippen LogP contribution in [0.15, 0.2) is 36.5 Å². The Morgan fingerprint density at radius 3 is 2.54 bits per heavy atom. The van der Waals surface area contributed by atoms with Gasteiger partial charge in [-0.3, -0.25) is 9.59 Å². The van der Waals surface area contributed by atoms with Gasteiger partial charge in [-0.25, -0.2) is 4.98 Å². The van der Waals surface area contributed by atoms with E-state index in [1.54, 1.807) is 30.3 Å².